The molecule has 0 spiro atoms. The lowest BCUT2D eigenvalue weighted by Crippen LogP contribution is -3.11. The van der Waals surface area contributed by atoms with Gasteiger partial charge in [-0.25, -0.2) is 0 Å². The van der Waals surface area contributed by atoms with Crippen molar-refractivity contribution in [1.29, 1.82) is 5.26 Å². The maximum atomic E-state index is 12.4. The van der Waals surface area contributed by atoms with Crippen molar-refractivity contribution in [2.45, 2.75) is 18.9 Å². The van der Waals surface area contributed by atoms with E-state index in [1.54, 1.807) is 29.5 Å². The summed E-state index contributed by atoms with van der Waals surface area (Å²) < 4.78 is 0. The van der Waals surface area contributed by atoms with E-state index in [1.807, 2.05) is 0 Å². The van der Waals surface area contributed by atoms with Crippen LogP contribution in [-0.2, 0) is 4.79 Å². The molecule has 2 aromatic rings. The summed E-state index contributed by atoms with van der Waals surface area (Å²) in [5.74, 6) is -0.0813. The van der Waals surface area contributed by atoms with E-state index in [1.165, 1.54) is 9.78 Å². The van der Waals surface area contributed by atoms with Gasteiger partial charge < -0.3 is 10.2 Å². The summed E-state index contributed by atoms with van der Waals surface area (Å²) in [6.07, 6.45) is 2.25. The maximum absolute atomic E-state index is 12.4. The first kappa shape index (κ1) is 16.0. The van der Waals surface area contributed by atoms with Crippen molar-refractivity contribution in [1.82, 2.24) is 0 Å². The van der Waals surface area contributed by atoms with Gasteiger partial charge in [0.25, 0.3) is 5.91 Å². The van der Waals surface area contributed by atoms with Crippen molar-refractivity contribution in [3.05, 3.63) is 51.2 Å². The molecule has 23 heavy (non-hydrogen) atoms. The summed E-state index contributed by atoms with van der Waals surface area (Å²) in [4.78, 5) is 15.0. The van der Waals surface area contributed by atoms with Crippen molar-refractivity contribution in [3.63, 3.8) is 0 Å². The van der Waals surface area contributed by atoms with Gasteiger partial charge in [-0.05, 0) is 29.6 Å². The van der Waals surface area contributed by atoms with E-state index in [0.717, 1.165) is 19.4 Å². The third-order valence-corrected chi connectivity index (χ3v) is 5.35. The number of carbonyl (C=O) groups excluding carboxylic acids is 1. The van der Waals surface area contributed by atoms with E-state index in [0.29, 0.717) is 28.9 Å². The molecular weight excluding hydrogens is 330 g/mol. The van der Waals surface area contributed by atoms with Crippen LogP contribution in [-0.4, -0.2) is 19.0 Å². The summed E-state index contributed by atoms with van der Waals surface area (Å²) in [6.45, 7) is 1.40. The Labute approximate surface area is 144 Å². The Balaban J connectivity index is 1.68. The fourth-order valence-corrected chi connectivity index (χ4v) is 4.17. The van der Waals surface area contributed by atoms with Gasteiger partial charge in [-0.2, -0.15) is 5.26 Å². The Morgan fingerprint density at radius 3 is 3.09 bits per heavy atom. The van der Waals surface area contributed by atoms with Crippen LogP contribution in [0.25, 0.3) is 0 Å². The van der Waals surface area contributed by atoms with Crippen LogP contribution in [0, 0.1) is 11.3 Å². The minimum atomic E-state index is -0.0813. The highest BCUT2D eigenvalue weighted by Crippen LogP contribution is 2.23. The Bertz CT molecular complexity index is 739. The molecule has 4 nitrogen and oxygen atoms in total. The van der Waals surface area contributed by atoms with Crippen LogP contribution in [0.5, 0.6) is 0 Å². The van der Waals surface area contributed by atoms with Crippen molar-refractivity contribution in [2.75, 3.05) is 18.4 Å². The zero-order valence-electron chi connectivity index (χ0n) is 12.5. The average Bonchev–Trinajstić information content (AvgIpc) is 3.18. The molecule has 1 aromatic heterocycles. The van der Waals surface area contributed by atoms with E-state index < -0.39 is 0 Å². The number of rotatable bonds is 4. The molecule has 2 N–H and O–H groups in total. The number of likely N-dealkylation sites (tertiary alicyclic amines) is 1. The van der Waals surface area contributed by atoms with E-state index >= 15 is 0 Å². The molecule has 0 aliphatic carbocycles. The fourth-order valence-electron chi connectivity index (χ4n) is 3.07. The number of quaternary nitrogens is 1. The Hall–Kier alpha value is -1.87. The van der Waals surface area contributed by atoms with E-state index in [-0.39, 0.29) is 5.91 Å². The monoisotopic (exact) mass is 346 g/mol. The van der Waals surface area contributed by atoms with Crippen molar-refractivity contribution in [2.24, 2.45) is 0 Å². The molecule has 1 aliphatic heterocycles. The molecule has 2 heterocycles. The first-order chi connectivity index (χ1) is 11.2. The first-order valence-corrected chi connectivity index (χ1v) is 8.80. The van der Waals surface area contributed by atoms with Crippen molar-refractivity contribution >= 4 is 34.5 Å². The lowest BCUT2D eigenvalue weighted by molar-refractivity contribution is -0.910. The predicted molar refractivity (Wildman–Crippen MR) is 91.8 cm³/mol. The molecule has 118 valence electrons. The number of nitriles is 1. The topological polar surface area (TPSA) is 57.3 Å². The third-order valence-electron chi connectivity index (χ3n) is 4.13. The molecule has 1 aromatic carbocycles. The minimum absolute atomic E-state index is 0.0813. The second-order valence-electron chi connectivity index (χ2n) is 5.65. The molecule has 3 rings (SSSR count). The van der Waals surface area contributed by atoms with Gasteiger partial charge in [0.2, 0.25) is 0 Å². The van der Waals surface area contributed by atoms with Crippen LogP contribution >= 0.6 is 22.9 Å². The molecule has 0 saturated carbocycles. The van der Waals surface area contributed by atoms with Crippen LogP contribution in [0.1, 0.15) is 29.3 Å². The number of thiophene rings is 1. The van der Waals surface area contributed by atoms with Gasteiger partial charge in [0.05, 0.1) is 22.7 Å². The highest BCUT2D eigenvalue weighted by Gasteiger charge is 2.32. The number of nitrogens with one attached hydrogen (secondary N) is 2. The van der Waals surface area contributed by atoms with Crippen molar-refractivity contribution < 1.29 is 9.69 Å². The Morgan fingerprint density at radius 1 is 1.48 bits per heavy atom. The average molecular weight is 347 g/mol. The molecule has 0 bridgehead atoms. The molecule has 1 amide bonds. The number of carbonyl (C=O) groups is 1. The van der Waals surface area contributed by atoms with Gasteiger partial charge in [0, 0.05) is 17.9 Å². The second kappa shape index (κ2) is 7.14. The summed E-state index contributed by atoms with van der Waals surface area (Å²) in [5.41, 5.74) is 0.908. The van der Waals surface area contributed by atoms with Gasteiger partial charge in [-0.1, -0.05) is 17.7 Å². The zero-order valence-corrected chi connectivity index (χ0v) is 14.1. The Kier molecular flexibility index (Phi) is 4.97. The van der Waals surface area contributed by atoms with Gasteiger partial charge in [0.15, 0.2) is 6.54 Å². The SMILES string of the molecule is N#Cc1ccc(Cl)cc1NC(=O)C[NH+]1CCC[C@@H]1c1cccs1. The number of halogens is 1. The molecule has 0 radical (unpaired) electrons. The van der Waals surface area contributed by atoms with Crippen LogP contribution < -0.4 is 10.2 Å². The fraction of sp³-hybridized carbons (Fsp3) is 0.294. The molecule has 1 unspecified atom stereocenters. The molecular formula is C17H17ClN3OS+. The van der Waals surface area contributed by atoms with Crippen LogP contribution in [0.15, 0.2) is 35.7 Å². The second-order valence-corrected chi connectivity index (χ2v) is 7.06. The number of benzene rings is 1. The molecule has 1 aliphatic rings. The Morgan fingerprint density at radius 2 is 2.35 bits per heavy atom. The lowest BCUT2D eigenvalue weighted by atomic mass is 10.2. The van der Waals surface area contributed by atoms with E-state index in [2.05, 4.69) is 28.9 Å². The molecule has 1 fully saturated rings. The normalized spacial score (nSPS) is 20.2. The van der Waals surface area contributed by atoms with E-state index in [4.69, 9.17) is 16.9 Å². The van der Waals surface area contributed by atoms with Gasteiger partial charge >= 0.3 is 0 Å². The van der Waals surface area contributed by atoms with Crippen molar-refractivity contribution in [3.8, 4) is 6.07 Å². The predicted octanol–water partition coefficient (Wildman–Crippen LogP) is 2.63. The number of nitrogens with zero attached hydrogens (tertiary/aromatic N) is 1. The molecule has 2 atom stereocenters. The number of anilines is 1. The summed E-state index contributed by atoms with van der Waals surface area (Å²) in [5, 5.41) is 14.5. The highest BCUT2D eigenvalue weighted by atomic mass is 35.5. The maximum Gasteiger partial charge on any atom is 0.279 e. The summed E-state index contributed by atoms with van der Waals surface area (Å²) in [7, 11) is 0. The lowest BCUT2D eigenvalue weighted by Gasteiger charge is -2.20. The van der Waals surface area contributed by atoms with Crippen LogP contribution in [0.4, 0.5) is 5.69 Å². The molecule has 1 saturated heterocycles. The molecule has 6 heteroatoms. The third kappa shape index (κ3) is 3.73. The number of amides is 1. The smallest absolute Gasteiger partial charge is 0.279 e. The van der Waals surface area contributed by atoms with Gasteiger partial charge in [0.1, 0.15) is 12.1 Å². The summed E-state index contributed by atoms with van der Waals surface area (Å²) >= 11 is 7.70. The summed E-state index contributed by atoms with van der Waals surface area (Å²) in [6, 6.07) is 11.6. The standard InChI is InChI=1S/C17H16ClN3OS/c18-13-6-5-12(10-19)14(9-13)20-17(22)11-21-7-1-3-15(21)16-4-2-8-23-16/h2,4-6,8-9,15H,1,3,7,11H2,(H,20,22)/p+1/t15-/m1/s1. The van der Waals surface area contributed by atoms with Gasteiger partial charge in [-0.3, -0.25) is 4.79 Å². The number of hydrogen-bond donors (Lipinski definition) is 2. The minimum Gasteiger partial charge on any atom is -0.320 e. The zero-order chi connectivity index (χ0) is 16.2. The number of hydrogen-bond acceptors (Lipinski definition) is 3. The quantitative estimate of drug-likeness (QED) is 0.894. The highest BCUT2D eigenvalue weighted by molar-refractivity contribution is 7.10. The van der Waals surface area contributed by atoms with Crippen LogP contribution in [0.2, 0.25) is 5.02 Å². The van der Waals surface area contributed by atoms with E-state index in [9.17, 15) is 4.79 Å². The first-order valence-electron chi connectivity index (χ1n) is 7.55. The van der Waals surface area contributed by atoms with Gasteiger partial charge in [-0.15, -0.1) is 11.3 Å². The largest absolute Gasteiger partial charge is 0.320 e. The van der Waals surface area contributed by atoms with Crippen LogP contribution in [0.3, 0.4) is 0 Å².